The van der Waals surface area contributed by atoms with Crippen molar-refractivity contribution in [1.29, 1.82) is 0 Å². The quantitative estimate of drug-likeness (QED) is 0.498. The zero-order valence-corrected chi connectivity index (χ0v) is 16.2. The summed E-state index contributed by atoms with van der Waals surface area (Å²) in [7, 11) is 0. The van der Waals surface area contributed by atoms with E-state index in [1.165, 1.54) is 70.6 Å². The molecule has 1 heteroatoms. The Hall–Kier alpha value is 0.870. The van der Waals surface area contributed by atoms with E-state index in [9.17, 15) is 0 Å². The van der Waals surface area contributed by atoms with Crippen LogP contribution in [0.25, 0.3) is 0 Å². The second-order valence-electron chi connectivity index (χ2n) is 4.54. The van der Waals surface area contributed by atoms with Crippen LogP contribution < -0.4 is 0 Å². The molecule has 0 spiro atoms. The third kappa shape index (κ3) is 12.9. The van der Waals surface area contributed by atoms with Crippen LogP contribution in [0, 0.1) is 0 Å². The van der Waals surface area contributed by atoms with Crippen LogP contribution in [0.2, 0.25) is 4.18 Å². The van der Waals surface area contributed by atoms with Crippen LogP contribution in [0.15, 0.2) is 0 Å². The van der Waals surface area contributed by atoms with Crippen LogP contribution >= 0.6 is 0 Å². The van der Waals surface area contributed by atoms with Crippen molar-refractivity contribution >= 4 is 24.4 Å². The standard InChI is InChI=1S/C13H27.In.2H/c1-3-5-7-9-11-13-12-10-8-6-4-2;;;/h1,3-13H2,2H3;;;. The van der Waals surface area contributed by atoms with Gasteiger partial charge in [0.1, 0.15) is 0 Å². The number of hydrogen-bond donors (Lipinski definition) is 0. The molecular formula is C13H29In. The number of rotatable bonds is 11. The minimum atomic E-state index is 0.962. The predicted molar refractivity (Wildman–Crippen MR) is 69.8 cm³/mol. The summed E-state index contributed by atoms with van der Waals surface area (Å²) in [6, 6.07) is 0. The van der Waals surface area contributed by atoms with Gasteiger partial charge in [-0.1, -0.05) is 6.92 Å². The molecule has 0 aromatic heterocycles. The molecule has 0 aromatic carbocycles. The zero-order chi connectivity index (χ0) is 10.5. The monoisotopic (exact) mass is 300 g/mol. The van der Waals surface area contributed by atoms with E-state index in [1.807, 2.05) is 0 Å². The molecule has 0 unspecified atom stereocenters. The van der Waals surface area contributed by atoms with Crippen molar-refractivity contribution in [3.63, 3.8) is 0 Å². The summed E-state index contributed by atoms with van der Waals surface area (Å²) in [6.45, 7) is 2.29. The molecule has 0 heterocycles. The van der Waals surface area contributed by atoms with E-state index in [1.54, 1.807) is 4.18 Å². The molecule has 0 aliphatic heterocycles. The van der Waals surface area contributed by atoms with Gasteiger partial charge in [0.25, 0.3) is 0 Å². The molecule has 84 valence electrons. The van der Waals surface area contributed by atoms with Crippen LogP contribution in [0.5, 0.6) is 0 Å². The second kappa shape index (κ2) is 13.9. The number of unbranched alkanes of at least 4 members (excludes halogenated alkanes) is 10. The average Bonchev–Trinajstić information content (AvgIpc) is 2.21. The third-order valence-corrected chi connectivity index (χ3v) is 4.98. The predicted octanol–water partition coefficient (Wildman–Crippen LogP) is 4.35. The molecule has 0 aromatic rings. The summed E-state index contributed by atoms with van der Waals surface area (Å²) in [6.07, 6.45) is 16.3. The van der Waals surface area contributed by atoms with E-state index in [-0.39, 0.29) is 0 Å². The molecule has 0 saturated carbocycles. The average molecular weight is 300 g/mol. The summed E-state index contributed by atoms with van der Waals surface area (Å²) >= 11 is 0.962. The maximum absolute atomic E-state index is 2.29. The van der Waals surface area contributed by atoms with Gasteiger partial charge in [-0.25, -0.2) is 0 Å². The first kappa shape index (κ1) is 14.9. The van der Waals surface area contributed by atoms with Crippen molar-refractivity contribution in [3.05, 3.63) is 0 Å². The molecule has 0 rings (SSSR count). The van der Waals surface area contributed by atoms with E-state index in [0.29, 0.717) is 0 Å². The van der Waals surface area contributed by atoms with Crippen LogP contribution in [-0.2, 0) is 0 Å². The van der Waals surface area contributed by atoms with Crippen molar-refractivity contribution in [2.75, 3.05) is 0 Å². The van der Waals surface area contributed by atoms with Gasteiger partial charge in [0.05, 0.1) is 0 Å². The topological polar surface area (TPSA) is 0 Å². The summed E-state index contributed by atoms with van der Waals surface area (Å²) < 4.78 is 1.58. The molecule has 0 aliphatic carbocycles. The molecule has 0 amide bonds. The summed E-state index contributed by atoms with van der Waals surface area (Å²) in [5, 5.41) is 0. The molecule has 0 aliphatic rings. The van der Waals surface area contributed by atoms with Gasteiger partial charge in [0, 0.05) is 0 Å². The molecule has 0 atom stereocenters. The molecule has 0 nitrogen and oxygen atoms in total. The zero-order valence-electron chi connectivity index (χ0n) is 10.5. The van der Waals surface area contributed by atoms with E-state index in [4.69, 9.17) is 0 Å². The Kier molecular flexibility index (Phi) is 14.7. The molecule has 0 fully saturated rings. The van der Waals surface area contributed by atoms with Crippen LogP contribution in [-0.4, -0.2) is 24.4 Å². The van der Waals surface area contributed by atoms with Crippen LogP contribution in [0.1, 0.15) is 77.6 Å². The normalized spacial score (nSPS) is 10.6. The number of hydrogen-bond acceptors (Lipinski definition) is 0. The van der Waals surface area contributed by atoms with E-state index in [2.05, 4.69) is 6.92 Å². The van der Waals surface area contributed by atoms with Gasteiger partial charge in [-0.3, -0.25) is 0 Å². The van der Waals surface area contributed by atoms with Crippen molar-refractivity contribution < 1.29 is 0 Å². The van der Waals surface area contributed by atoms with Crippen molar-refractivity contribution in [2.24, 2.45) is 0 Å². The summed E-state index contributed by atoms with van der Waals surface area (Å²) in [5.74, 6) is 0. The second-order valence-corrected chi connectivity index (χ2v) is 7.39. The fourth-order valence-electron chi connectivity index (χ4n) is 1.91. The Labute approximate surface area is 106 Å². The Bertz CT molecular complexity index is 79.2. The molecule has 0 radical (unpaired) electrons. The van der Waals surface area contributed by atoms with Gasteiger partial charge in [-0.15, -0.1) is 0 Å². The fraction of sp³-hybridized carbons (Fsp3) is 1.00. The molecule has 0 bridgehead atoms. The Morgan fingerprint density at radius 3 is 1.29 bits per heavy atom. The Morgan fingerprint density at radius 1 is 0.571 bits per heavy atom. The van der Waals surface area contributed by atoms with E-state index >= 15 is 0 Å². The van der Waals surface area contributed by atoms with Gasteiger partial charge in [-0.05, 0) is 0 Å². The van der Waals surface area contributed by atoms with E-state index < -0.39 is 0 Å². The Morgan fingerprint density at radius 2 is 0.929 bits per heavy atom. The van der Waals surface area contributed by atoms with Gasteiger partial charge in [-0.2, -0.15) is 0 Å². The van der Waals surface area contributed by atoms with Crippen LogP contribution in [0.4, 0.5) is 0 Å². The first-order chi connectivity index (χ1) is 6.91. The summed E-state index contributed by atoms with van der Waals surface area (Å²) in [4.78, 5) is 0. The first-order valence-corrected chi connectivity index (χ1v) is 11.0. The van der Waals surface area contributed by atoms with Gasteiger partial charge in [0.2, 0.25) is 0 Å². The van der Waals surface area contributed by atoms with Crippen molar-refractivity contribution in [1.82, 2.24) is 0 Å². The first-order valence-electron chi connectivity index (χ1n) is 6.91. The molecule has 0 saturated heterocycles. The fourth-order valence-corrected chi connectivity index (χ4v) is 3.34. The van der Waals surface area contributed by atoms with Gasteiger partial charge < -0.3 is 0 Å². The maximum atomic E-state index is 2.29. The molecular weight excluding hydrogens is 271 g/mol. The summed E-state index contributed by atoms with van der Waals surface area (Å²) in [5.41, 5.74) is 0. The SMILES string of the molecule is CCCCCCCCCCCC[CH2][InH2]. The minimum absolute atomic E-state index is 0.962. The van der Waals surface area contributed by atoms with Crippen molar-refractivity contribution in [2.45, 2.75) is 81.7 Å². The third-order valence-electron chi connectivity index (χ3n) is 2.96. The molecule has 14 heavy (non-hydrogen) atoms. The van der Waals surface area contributed by atoms with Gasteiger partial charge >= 0.3 is 99.2 Å². The van der Waals surface area contributed by atoms with Crippen LogP contribution in [0.3, 0.4) is 0 Å². The molecule has 0 N–H and O–H groups in total. The van der Waals surface area contributed by atoms with Gasteiger partial charge in [0.15, 0.2) is 0 Å². The Balaban J connectivity index is 2.78. The van der Waals surface area contributed by atoms with E-state index in [0.717, 1.165) is 24.4 Å². The van der Waals surface area contributed by atoms with Crippen molar-refractivity contribution in [3.8, 4) is 0 Å².